The molecule has 0 bridgehead atoms. The second kappa shape index (κ2) is 4.31. The fourth-order valence-corrected chi connectivity index (χ4v) is 2.87. The van der Waals surface area contributed by atoms with E-state index in [-0.39, 0.29) is 5.56 Å². The van der Waals surface area contributed by atoms with Gasteiger partial charge in [0.15, 0.2) is 0 Å². The van der Waals surface area contributed by atoms with E-state index < -0.39 is 0 Å². The molecule has 0 radical (unpaired) electrons. The van der Waals surface area contributed by atoms with Crippen molar-refractivity contribution in [1.29, 1.82) is 0 Å². The number of nitrogens with one attached hydrogen (secondary N) is 3. The number of nitrogens with zero attached hydrogens (tertiary/aromatic N) is 1. The summed E-state index contributed by atoms with van der Waals surface area (Å²) in [4.78, 5) is 12.3. The van der Waals surface area contributed by atoms with E-state index in [4.69, 9.17) is 0 Å². The largest absolute Gasteiger partial charge is 0.317 e. The van der Waals surface area contributed by atoms with Crippen LogP contribution in [0.25, 0.3) is 0 Å². The first-order chi connectivity index (χ1) is 8.25. The minimum Gasteiger partial charge on any atom is -0.317 e. The van der Waals surface area contributed by atoms with Gasteiger partial charge in [0.25, 0.3) is 5.56 Å². The highest BCUT2D eigenvalue weighted by Crippen LogP contribution is 2.18. The molecule has 1 unspecified atom stereocenters. The maximum absolute atomic E-state index is 12.3. The Morgan fingerprint density at radius 2 is 2.06 bits per heavy atom. The van der Waals surface area contributed by atoms with E-state index in [1.807, 2.05) is 4.68 Å². The molecule has 1 aromatic heterocycles. The van der Waals surface area contributed by atoms with E-state index in [1.165, 1.54) is 0 Å². The van der Waals surface area contributed by atoms with Crippen LogP contribution in [0.15, 0.2) is 4.79 Å². The molecule has 5 nitrogen and oxygen atoms in total. The zero-order valence-corrected chi connectivity index (χ0v) is 10.3. The molecule has 0 aliphatic carbocycles. The quantitative estimate of drug-likeness (QED) is 0.650. The van der Waals surface area contributed by atoms with E-state index in [9.17, 15) is 4.79 Å². The zero-order chi connectivity index (χ0) is 11.8. The molecule has 5 heteroatoms. The first kappa shape index (κ1) is 11.0. The van der Waals surface area contributed by atoms with Crippen LogP contribution in [0.3, 0.4) is 0 Å². The number of fused-ring (bicyclic) bond motifs is 1. The van der Waals surface area contributed by atoms with Crippen molar-refractivity contribution < 1.29 is 0 Å². The van der Waals surface area contributed by atoms with Crippen molar-refractivity contribution in [2.45, 2.75) is 44.8 Å². The lowest BCUT2D eigenvalue weighted by molar-refractivity contribution is 0.335. The Hall–Kier alpha value is -1.07. The highest BCUT2D eigenvalue weighted by molar-refractivity contribution is 5.21. The summed E-state index contributed by atoms with van der Waals surface area (Å²) >= 11 is 0. The van der Waals surface area contributed by atoms with Crippen molar-refractivity contribution in [3.8, 4) is 0 Å². The molecule has 17 heavy (non-hydrogen) atoms. The minimum absolute atomic E-state index is 0.209. The Labute approximate surface area is 101 Å². The lowest BCUT2D eigenvalue weighted by atomic mass is 10.0. The number of hydrogen-bond acceptors (Lipinski definition) is 3. The fraction of sp³-hybridized carbons (Fsp3) is 0.750. The first-order valence-electron chi connectivity index (χ1n) is 6.52. The van der Waals surface area contributed by atoms with Crippen molar-refractivity contribution in [1.82, 2.24) is 20.4 Å². The van der Waals surface area contributed by atoms with Gasteiger partial charge in [0.05, 0.1) is 11.7 Å². The second-order valence-electron chi connectivity index (χ2n) is 5.21. The summed E-state index contributed by atoms with van der Waals surface area (Å²) in [6.45, 7) is 4.94. The van der Waals surface area contributed by atoms with E-state index >= 15 is 0 Å². The maximum Gasteiger partial charge on any atom is 0.270 e. The molecule has 1 fully saturated rings. The number of aromatic amines is 1. The van der Waals surface area contributed by atoms with Crippen LogP contribution in [0, 0.1) is 0 Å². The topological polar surface area (TPSA) is 61.9 Å². The van der Waals surface area contributed by atoms with E-state index in [1.54, 1.807) is 0 Å². The van der Waals surface area contributed by atoms with Crippen molar-refractivity contribution in [3.63, 3.8) is 0 Å². The average molecular weight is 236 g/mol. The van der Waals surface area contributed by atoms with Crippen LogP contribution in [0.5, 0.6) is 0 Å². The Kier molecular flexibility index (Phi) is 2.80. The molecular formula is C12H20N4O. The third kappa shape index (κ3) is 1.93. The molecule has 0 spiro atoms. The van der Waals surface area contributed by atoms with Gasteiger partial charge in [0, 0.05) is 18.2 Å². The minimum atomic E-state index is 0.209. The summed E-state index contributed by atoms with van der Waals surface area (Å²) in [5.41, 5.74) is 2.29. The monoisotopic (exact) mass is 236 g/mol. The Balaban J connectivity index is 1.93. The van der Waals surface area contributed by atoms with Crippen molar-refractivity contribution >= 4 is 0 Å². The van der Waals surface area contributed by atoms with Crippen molar-refractivity contribution in [2.24, 2.45) is 0 Å². The molecule has 0 saturated carbocycles. The number of aromatic nitrogens is 2. The standard InChI is InChI=1S/C12H20N4O/c1-8-6-10-11(7-14-8)15-16(12(10)17)9-2-4-13-5-3-9/h8-9,13-15H,2-7H2,1H3. The molecule has 0 amide bonds. The average Bonchev–Trinajstić information content (AvgIpc) is 2.68. The summed E-state index contributed by atoms with van der Waals surface area (Å²) in [6, 6.07) is 0.761. The van der Waals surface area contributed by atoms with Gasteiger partial charge < -0.3 is 10.6 Å². The number of piperidine rings is 1. The van der Waals surface area contributed by atoms with Gasteiger partial charge in [0.1, 0.15) is 0 Å². The molecule has 3 heterocycles. The van der Waals surface area contributed by atoms with Gasteiger partial charge in [-0.2, -0.15) is 0 Å². The predicted molar refractivity (Wildman–Crippen MR) is 66.2 cm³/mol. The van der Waals surface area contributed by atoms with Gasteiger partial charge >= 0.3 is 0 Å². The van der Waals surface area contributed by atoms with Crippen LogP contribution in [-0.2, 0) is 13.0 Å². The number of rotatable bonds is 1. The third-order valence-corrected chi connectivity index (χ3v) is 3.91. The highest BCUT2D eigenvalue weighted by Gasteiger charge is 2.25. The van der Waals surface area contributed by atoms with Gasteiger partial charge in [-0.05, 0) is 39.3 Å². The second-order valence-corrected chi connectivity index (χ2v) is 5.21. The molecule has 1 saturated heterocycles. The van der Waals surface area contributed by atoms with Gasteiger partial charge in [-0.1, -0.05) is 0 Å². The van der Waals surface area contributed by atoms with Crippen LogP contribution >= 0.6 is 0 Å². The molecule has 1 aromatic rings. The van der Waals surface area contributed by atoms with Crippen molar-refractivity contribution in [3.05, 3.63) is 21.6 Å². The van der Waals surface area contributed by atoms with Crippen LogP contribution in [-0.4, -0.2) is 28.9 Å². The van der Waals surface area contributed by atoms with Gasteiger partial charge in [-0.3, -0.25) is 9.89 Å². The molecule has 1 atom stereocenters. The zero-order valence-electron chi connectivity index (χ0n) is 10.3. The molecule has 3 N–H and O–H groups in total. The normalized spacial score (nSPS) is 25.8. The lowest BCUT2D eigenvalue weighted by Gasteiger charge is -2.22. The van der Waals surface area contributed by atoms with E-state index in [0.717, 1.165) is 50.2 Å². The molecular weight excluding hydrogens is 216 g/mol. The first-order valence-corrected chi connectivity index (χ1v) is 6.52. The smallest absolute Gasteiger partial charge is 0.270 e. The van der Waals surface area contributed by atoms with Gasteiger partial charge in [-0.25, -0.2) is 4.68 Å². The van der Waals surface area contributed by atoms with Crippen LogP contribution in [0.4, 0.5) is 0 Å². The summed E-state index contributed by atoms with van der Waals surface area (Å²) < 4.78 is 1.87. The molecule has 3 rings (SSSR count). The summed E-state index contributed by atoms with van der Waals surface area (Å²) in [6.07, 6.45) is 2.94. The number of H-pyrrole nitrogens is 1. The molecule has 2 aliphatic heterocycles. The van der Waals surface area contributed by atoms with Crippen LogP contribution < -0.4 is 16.2 Å². The summed E-state index contributed by atoms with van der Waals surface area (Å²) in [7, 11) is 0. The Bertz CT molecular complexity index is 456. The van der Waals surface area contributed by atoms with E-state index in [0.29, 0.717) is 12.1 Å². The van der Waals surface area contributed by atoms with Gasteiger partial charge in [0.2, 0.25) is 0 Å². The molecule has 94 valence electrons. The number of hydrogen-bond donors (Lipinski definition) is 3. The predicted octanol–water partition coefficient (Wildman–Crippen LogP) is 0.135. The highest BCUT2D eigenvalue weighted by atomic mass is 16.1. The molecule has 0 aromatic carbocycles. The SMILES string of the molecule is CC1Cc2c([nH]n(C3CCNCC3)c2=O)CN1. The maximum atomic E-state index is 12.3. The fourth-order valence-electron chi connectivity index (χ4n) is 2.87. The third-order valence-electron chi connectivity index (χ3n) is 3.91. The summed E-state index contributed by atoms with van der Waals surface area (Å²) in [5.74, 6) is 0. The van der Waals surface area contributed by atoms with Crippen molar-refractivity contribution in [2.75, 3.05) is 13.1 Å². The van der Waals surface area contributed by atoms with Crippen LogP contribution in [0.2, 0.25) is 0 Å². The molecule has 2 aliphatic rings. The Morgan fingerprint density at radius 1 is 1.29 bits per heavy atom. The van der Waals surface area contributed by atoms with E-state index in [2.05, 4.69) is 22.7 Å². The van der Waals surface area contributed by atoms with Crippen LogP contribution in [0.1, 0.15) is 37.1 Å². The lowest BCUT2D eigenvalue weighted by Crippen LogP contribution is -2.36. The Morgan fingerprint density at radius 3 is 2.82 bits per heavy atom. The van der Waals surface area contributed by atoms with Gasteiger partial charge in [-0.15, -0.1) is 0 Å². The summed E-state index contributed by atoms with van der Waals surface area (Å²) in [5, 5.41) is 10.0.